The molecule has 162 valence electrons. The Morgan fingerprint density at radius 1 is 0.968 bits per heavy atom. The van der Waals surface area contributed by atoms with Crippen molar-refractivity contribution in [3.05, 3.63) is 89.5 Å². The minimum absolute atomic E-state index is 0.178. The van der Waals surface area contributed by atoms with Gasteiger partial charge in [-0.15, -0.1) is 0 Å². The largest absolute Gasteiger partial charge is 0.457 e. The first kappa shape index (κ1) is 22.4. The Morgan fingerprint density at radius 3 is 2.35 bits per heavy atom. The molecule has 0 aliphatic carbocycles. The fraction of sp³-hybridized carbons (Fsp3) is 0.208. The van der Waals surface area contributed by atoms with Gasteiger partial charge in [-0.25, -0.2) is 8.42 Å². The first-order chi connectivity index (χ1) is 14.7. The Bertz CT molecular complexity index is 1160. The fourth-order valence-corrected chi connectivity index (χ4v) is 3.71. The number of rotatable bonds is 8. The Kier molecular flexibility index (Phi) is 6.97. The van der Waals surface area contributed by atoms with Crippen LogP contribution in [0.5, 0.6) is 11.5 Å². The van der Waals surface area contributed by atoms with E-state index in [9.17, 15) is 13.2 Å². The molecule has 0 aliphatic heterocycles. The van der Waals surface area contributed by atoms with Gasteiger partial charge in [0, 0.05) is 0 Å². The third-order valence-corrected chi connectivity index (χ3v) is 5.31. The maximum Gasteiger partial charge on any atom is 0.254 e. The standard InChI is InChI=1S/C24H26N2O4S/c1-4-18-9-8-12-20(15-18)30-21-13-14-23(26-31(3,28)29)22(16-21)24(27)25-17(2)19-10-6-5-7-11-19/h5-17,26H,4H2,1-3H3,(H,25,27)/t17-/m1/s1. The van der Waals surface area contributed by atoms with Crippen LogP contribution in [-0.2, 0) is 16.4 Å². The number of hydrogen-bond acceptors (Lipinski definition) is 4. The summed E-state index contributed by atoms with van der Waals surface area (Å²) in [4.78, 5) is 13.0. The molecule has 0 unspecified atom stereocenters. The summed E-state index contributed by atoms with van der Waals surface area (Å²) in [5, 5.41) is 2.92. The van der Waals surface area contributed by atoms with E-state index < -0.39 is 15.9 Å². The molecule has 3 aromatic rings. The number of sulfonamides is 1. The third kappa shape index (κ3) is 6.33. The predicted octanol–water partition coefficient (Wildman–Crippen LogP) is 4.90. The molecule has 0 radical (unpaired) electrons. The molecule has 1 amide bonds. The number of aryl methyl sites for hydroxylation is 1. The highest BCUT2D eigenvalue weighted by Gasteiger charge is 2.18. The summed E-state index contributed by atoms with van der Waals surface area (Å²) >= 11 is 0. The highest BCUT2D eigenvalue weighted by molar-refractivity contribution is 7.92. The van der Waals surface area contributed by atoms with Crippen molar-refractivity contribution in [1.29, 1.82) is 0 Å². The average Bonchev–Trinajstić information content (AvgIpc) is 2.74. The first-order valence-electron chi connectivity index (χ1n) is 9.99. The molecule has 3 aromatic carbocycles. The van der Waals surface area contributed by atoms with Crippen molar-refractivity contribution >= 4 is 21.6 Å². The van der Waals surface area contributed by atoms with Gasteiger partial charge in [-0.05, 0) is 54.8 Å². The van der Waals surface area contributed by atoms with Crippen molar-refractivity contribution < 1.29 is 17.9 Å². The molecule has 0 saturated carbocycles. The fourth-order valence-electron chi connectivity index (χ4n) is 3.13. The molecule has 0 fully saturated rings. The number of ether oxygens (including phenoxy) is 1. The van der Waals surface area contributed by atoms with Crippen molar-refractivity contribution in [2.45, 2.75) is 26.3 Å². The summed E-state index contributed by atoms with van der Waals surface area (Å²) in [6.07, 6.45) is 1.92. The van der Waals surface area contributed by atoms with E-state index in [1.165, 1.54) is 6.07 Å². The number of hydrogen-bond donors (Lipinski definition) is 2. The molecular weight excluding hydrogens is 412 g/mol. The van der Waals surface area contributed by atoms with E-state index >= 15 is 0 Å². The van der Waals surface area contributed by atoms with Crippen molar-refractivity contribution in [1.82, 2.24) is 5.32 Å². The summed E-state index contributed by atoms with van der Waals surface area (Å²) < 4.78 is 31.9. The van der Waals surface area contributed by atoms with E-state index in [0.29, 0.717) is 11.5 Å². The van der Waals surface area contributed by atoms with Gasteiger partial charge in [-0.3, -0.25) is 9.52 Å². The Morgan fingerprint density at radius 2 is 1.68 bits per heavy atom. The van der Waals surface area contributed by atoms with Crippen molar-refractivity contribution in [2.75, 3.05) is 11.0 Å². The molecule has 2 N–H and O–H groups in total. The van der Waals surface area contributed by atoms with E-state index in [2.05, 4.69) is 17.0 Å². The second-order valence-corrected chi connectivity index (χ2v) is 9.04. The van der Waals surface area contributed by atoms with Crippen molar-refractivity contribution in [3.8, 4) is 11.5 Å². The highest BCUT2D eigenvalue weighted by atomic mass is 32.2. The van der Waals surface area contributed by atoms with E-state index in [1.807, 2.05) is 61.5 Å². The number of carbonyl (C=O) groups excluding carboxylic acids is 1. The van der Waals surface area contributed by atoms with E-state index in [-0.39, 0.29) is 17.3 Å². The lowest BCUT2D eigenvalue weighted by molar-refractivity contribution is 0.0940. The molecule has 0 aliphatic rings. The topological polar surface area (TPSA) is 84.5 Å². The lowest BCUT2D eigenvalue weighted by atomic mass is 10.1. The van der Waals surface area contributed by atoms with Gasteiger partial charge in [-0.2, -0.15) is 0 Å². The summed E-state index contributed by atoms with van der Waals surface area (Å²) in [7, 11) is -3.57. The van der Waals surface area contributed by atoms with Crippen LogP contribution in [0.4, 0.5) is 5.69 Å². The lowest BCUT2D eigenvalue weighted by Gasteiger charge is -2.17. The molecule has 31 heavy (non-hydrogen) atoms. The van der Waals surface area contributed by atoms with Gasteiger partial charge in [0.1, 0.15) is 11.5 Å². The highest BCUT2D eigenvalue weighted by Crippen LogP contribution is 2.28. The quantitative estimate of drug-likeness (QED) is 0.524. The summed E-state index contributed by atoms with van der Waals surface area (Å²) in [5.41, 5.74) is 2.44. The van der Waals surface area contributed by atoms with Gasteiger partial charge in [0.05, 0.1) is 23.5 Å². The summed E-state index contributed by atoms with van der Waals surface area (Å²) in [5.74, 6) is 0.673. The van der Waals surface area contributed by atoms with E-state index in [0.717, 1.165) is 23.8 Å². The average molecular weight is 439 g/mol. The molecule has 0 heterocycles. The van der Waals surface area contributed by atoms with Crippen LogP contribution in [0.3, 0.4) is 0 Å². The number of amides is 1. The van der Waals surface area contributed by atoms with Gasteiger partial charge in [0.25, 0.3) is 5.91 Å². The second-order valence-electron chi connectivity index (χ2n) is 7.29. The molecule has 0 bridgehead atoms. The monoisotopic (exact) mass is 438 g/mol. The van der Waals surface area contributed by atoms with Gasteiger partial charge in [0.2, 0.25) is 10.0 Å². The van der Waals surface area contributed by atoms with Gasteiger partial charge >= 0.3 is 0 Å². The zero-order chi connectivity index (χ0) is 22.4. The maximum atomic E-state index is 13.0. The summed E-state index contributed by atoms with van der Waals surface area (Å²) in [6.45, 7) is 3.93. The molecule has 0 aromatic heterocycles. The Balaban J connectivity index is 1.90. The molecule has 0 spiro atoms. The van der Waals surface area contributed by atoms with Crippen LogP contribution in [0.25, 0.3) is 0 Å². The predicted molar refractivity (Wildman–Crippen MR) is 123 cm³/mol. The lowest BCUT2D eigenvalue weighted by Crippen LogP contribution is -2.28. The molecule has 0 saturated heterocycles. The van der Waals surface area contributed by atoms with Gasteiger partial charge in [0.15, 0.2) is 0 Å². The third-order valence-electron chi connectivity index (χ3n) is 4.72. The maximum absolute atomic E-state index is 13.0. The molecule has 3 rings (SSSR count). The van der Waals surface area contributed by atoms with Gasteiger partial charge < -0.3 is 10.1 Å². The number of nitrogens with one attached hydrogen (secondary N) is 2. The number of carbonyl (C=O) groups is 1. The van der Waals surface area contributed by atoms with Gasteiger partial charge in [-0.1, -0.05) is 49.4 Å². The summed E-state index contributed by atoms with van der Waals surface area (Å²) in [6, 6.07) is 21.6. The second kappa shape index (κ2) is 9.66. The number of benzene rings is 3. The van der Waals surface area contributed by atoms with Crippen LogP contribution < -0.4 is 14.8 Å². The van der Waals surface area contributed by atoms with Crippen molar-refractivity contribution in [2.24, 2.45) is 0 Å². The van der Waals surface area contributed by atoms with E-state index in [4.69, 9.17) is 4.74 Å². The van der Waals surface area contributed by atoms with Crippen LogP contribution in [-0.4, -0.2) is 20.6 Å². The molecular formula is C24H26N2O4S. The SMILES string of the molecule is CCc1cccc(Oc2ccc(NS(C)(=O)=O)c(C(=O)N[C@H](C)c3ccccc3)c2)c1. The van der Waals surface area contributed by atoms with E-state index in [1.54, 1.807) is 12.1 Å². The minimum Gasteiger partial charge on any atom is -0.457 e. The van der Waals surface area contributed by atoms with Crippen LogP contribution >= 0.6 is 0 Å². The molecule has 7 heteroatoms. The normalized spacial score (nSPS) is 12.1. The first-order valence-corrected chi connectivity index (χ1v) is 11.9. The van der Waals surface area contributed by atoms with Crippen LogP contribution in [0, 0.1) is 0 Å². The van der Waals surface area contributed by atoms with Crippen LogP contribution in [0.2, 0.25) is 0 Å². The molecule has 1 atom stereocenters. The number of anilines is 1. The van der Waals surface area contributed by atoms with Crippen LogP contribution in [0.1, 0.15) is 41.4 Å². The minimum atomic E-state index is -3.57. The smallest absolute Gasteiger partial charge is 0.254 e. The zero-order valence-electron chi connectivity index (χ0n) is 17.8. The zero-order valence-corrected chi connectivity index (χ0v) is 18.6. The Hall–Kier alpha value is -3.32. The Labute approximate surface area is 183 Å². The van der Waals surface area contributed by atoms with Crippen molar-refractivity contribution in [3.63, 3.8) is 0 Å². The molecule has 6 nitrogen and oxygen atoms in total. The van der Waals surface area contributed by atoms with Crippen LogP contribution in [0.15, 0.2) is 72.8 Å².